The lowest BCUT2D eigenvalue weighted by atomic mass is 9.86. The number of anilines is 1. The lowest BCUT2D eigenvalue weighted by molar-refractivity contribution is -0.122. The van der Waals surface area contributed by atoms with E-state index in [1.165, 1.54) is 24.1 Å². The number of piperidine rings is 1. The Hall–Kier alpha value is -2.64. The molecule has 3 heterocycles. The van der Waals surface area contributed by atoms with Crippen LogP contribution >= 0.6 is 0 Å². The average Bonchev–Trinajstić information content (AvgIpc) is 3.46. The number of rotatable bonds is 9. The maximum absolute atomic E-state index is 12.8. The first-order valence-electron chi connectivity index (χ1n) is 14.2. The molecule has 37 heavy (non-hydrogen) atoms. The third-order valence-corrected chi connectivity index (χ3v) is 8.58. The summed E-state index contributed by atoms with van der Waals surface area (Å²) in [5.74, 6) is 1.69. The summed E-state index contributed by atoms with van der Waals surface area (Å²) < 4.78 is 5.62. The zero-order valence-electron chi connectivity index (χ0n) is 22.4. The predicted molar refractivity (Wildman–Crippen MR) is 148 cm³/mol. The number of hydrogen-bond donors (Lipinski definition) is 1. The smallest absolute Gasteiger partial charge is 0.220 e. The van der Waals surface area contributed by atoms with Crippen LogP contribution in [-0.4, -0.2) is 79.2 Å². The summed E-state index contributed by atoms with van der Waals surface area (Å²) in [7, 11) is 1.75. The number of piperazine rings is 1. The molecule has 3 aliphatic rings. The fraction of sp³-hybridized carbons (Fsp3) is 0.600. The van der Waals surface area contributed by atoms with Crippen LogP contribution in [0, 0.1) is 5.92 Å². The van der Waals surface area contributed by atoms with Gasteiger partial charge in [0.25, 0.3) is 0 Å². The minimum absolute atomic E-state index is 0.246. The number of pyridine rings is 1. The molecule has 7 heteroatoms. The minimum Gasteiger partial charge on any atom is -0.495 e. The van der Waals surface area contributed by atoms with Crippen molar-refractivity contribution in [1.82, 2.24) is 20.1 Å². The number of amides is 1. The standard InChI is InChI=1S/C30H43N5O2/c1-37-29-11-5-4-10-28(29)35-19-17-34(18-20-35)27-14-16-33(22-24-7-6-15-31-21-24)23-25(27)12-13-30(36)32-26-8-2-3-9-26/h4-7,10-11,15,21,25-27H,2-3,8-9,12-14,16-20,22-23H2,1H3,(H,32,36)/t25-,27+/m0/s1. The summed E-state index contributed by atoms with van der Waals surface area (Å²) in [5, 5.41) is 3.31. The average molecular weight is 506 g/mol. The molecule has 1 aromatic heterocycles. The van der Waals surface area contributed by atoms with E-state index < -0.39 is 0 Å². The number of benzene rings is 1. The number of carbonyl (C=O) groups excluding carboxylic acids is 1. The number of carbonyl (C=O) groups is 1. The quantitative estimate of drug-likeness (QED) is 0.557. The second-order valence-corrected chi connectivity index (χ2v) is 11.0. The number of nitrogens with zero attached hydrogens (tertiary/aromatic N) is 4. The van der Waals surface area contributed by atoms with Crippen LogP contribution in [0.5, 0.6) is 5.75 Å². The van der Waals surface area contributed by atoms with E-state index in [0.29, 0.717) is 24.4 Å². The highest BCUT2D eigenvalue weighted by atomic mass is 16.5. The monoisotopic (exact) mass is 505 g/mol. The Morgan fingerprint density at radius 3 is 2.59 bits per heavy atom. The molecule has 0 spiro atoms. The molecule has 3 fully saturated rings. The van der Waals surface area contributed by atoms with E-state index >= 15 is 0 Å². The molecule has 1 amide bonds. The summed E-state index contributed by atoms with van der Waals surface area (Å²) in [6.45, 7) is 7.19. The number of para-hydroxylation sites is 2. The normalized spacial score (nSPS) is 23.8. The van der Waals surface area contributed by atoms with Crippen molar-refractivity contribution in [3.63, 3.8) is 0 Å². The van der Waals surface area contributed by atoms with Gasteiger partial charge in [-0.05, 0) is 61.9 Å². The van der Waals surface area contributed by atoms with Crippen LogP contribution in [0.2, 0.25) is 0 Å². The third-order valence-electron chi connectivity index (χ3n) is 8.58. The summed E-state index contributed by atoms with van der Waals surface area (Å²) in [6, 6.07) is 13.5. The van der Waals surface area contributed by atoms with Gasteiger partial charge < -0.3 is 15.0 Å². The van der Waals surface area contributed by atoms with E-state index in [2.05, 4.69) is 43.2 Å². The molecule has 1 aliphatic carbocycles. The highest BCUT2D eigenvalue weighted by Gasteiger charge is 2.35. The molecule has 2 saturated heterocycles. The molecular formula is C30H43N5O2. The zero-order valence-corrected chi connectivity index (χ0v) is 22.4. The van der Waals surface area contributed by atoms with Crippen LogP contribution in [0.4, 0.5) is 5.69 Å². The van der Waals surface area contributed by atoms with Gasteiger partial charge in [-0.15, -0.1) is 0 Å². The van der Waals surface area contributed by atoms with Gasteiger partial charge in [-0.3, -0.25) is 19.6 Å². The fourth-order valence-electron chi connectivity index (χ4n) is 6.62. The van der Waals surface area contributed by atoms with Gasteiger partial charge in [-0.1, -0.05) is 31.0 Å². The van der Waals surface area contributed by atoms with Crippen molar-refractivity contribution in [2.24, 2.45) is 5.92 Å². The van der Waals surface area contributed by atoms with E-state index in [1.54, 1.807) is 7.11 Å². The second-order valence-electron chi connectivity index (χ2n) is 11.0. The highest BCUT2D eigenvalue weighted by Crippen LogP contribution is 2.32. The summed E-state index contributed by atoms with van der Waals surface area (Å²) >= 11 is 0. The van der Waals surface area contributed by atoms with Crippen LogP contribution in [0.15, 0.2) is 48.8 Å². The van der Waals surface area contributed by atoms with E-state index in [0.717, 1.165) is 77.2 Å². The largest absolute Gasteiger partial charge is 0.495 e. The molecule has 7 nitrogen and oxygen atoms in total. The van der Waals surface area contributed by atoms with Crippen molar-refractivity contribution >= 4 is 11.6 Å². The highest BCUT2D eigenvalue weighted by molar-refractivity contribution is 5.76. The van der Waals surface area contributed by atoms with Crippen LogP contribution < -0.4 is 15.0 Å². The van der Waals surface area contributed by atoms with Gasteiger partial charge in [0.1, 0.15) is 5.75 Å². The van der Waals surface area contributed by atoms with Crippen LogP contribution in [0.1, 0.15) is 50.5 Å². The third kappa shape index (κ3) is 6.82. The number of likely N-dealkylation sites (tertiary alicyclic amines) is 1. The van der Waals surface area contributed by atoms with Crippen molar-refractivity contribution in [3.05, 3.63) is 54.4 Å². The van der Waals surface area contributed by atoms with Crippen LogP contribution in [0.3, 0.4) is 0 Å². The van der Waals surface area contributed by atoms with E-state index in [-0.39, 0.29) is 5.91 Å². The van der Waals surface area contributed by atoms with Gasteiger partial charge >= 0.3 is 0 Å². The number of nitrogens with one attached hydrogen (secondary N) is 1. The first kappa shape index (κ1) is 26.0. The van der Waals surface area contributed by atoms with Gasteiger partial charge in [-0.2, -0.15) is 0 Å². The number of methoxy groups -OCH3 is 1. The Labute approximate surface area is 222 Å². The fourth-order valence-corrected chi connectivity index (χ4v) is 6.62. The molecule has 0 radical (unpaired) electrons. The molecule has 200 valence electrons. The van der Waals surface area contributed by atoms with E-state index in [1.807, 2.05) is 30.6 Å². The maximum Gasteiger partial charge on any atom is 0.220 e. The zero-order chi connectivity index (χ0) is 25.5. The molecule has 0 unspecified atom stereocenters. The van der Waals surface area contributed by atoms with Crippen molar-refractivity contribution in [2.75, 3.05) is 51.3 Å². The van der Waals surface area contributed by atoms with Crippen LogP contribution in [0.25, 0.3) is 0 Å². The first-order valence-corrected chi connectivity index (χ1v) is 14.2. The van der Waals surface area contributed by atoms with E-state index in [4.69, 9.17) is 4.74 Å². The summed E-state index contributed by atoms with van der Waals surface area (Å²) in [6.07, 6.45) is 11.4. The van der Waals surface area contributed by atoms with Crippen molar-refractivity contribution in [3.8, 4) is 5.75 Å². The van der Waals surface area contributed by atoms with Gasteiger partial charge in [0.05, 0.1) is 12.8 Å². The molecule has 1 aromatic carbocycles. The second kappa shape index (κ2) is 12.7. The molecule has 2 aliphatic heterocycles. The number of ether oxygens (including phenoxy) is 1. The number of aromatic nitrogens is 1. The predicted octanol–water partition coefficient (Wildman–Crippen LogP) is 3.94. The lowest BCUT2D eigenvalue weighted by Crippen LogP contribution is -2.56. The minimum atomic E-state index is 0.246. The number of hydrogen-bond acceptors (Lipinski definition) is 6. The Morgan fingerprint density at radius 2 is 1.84 bits per heavy atom. The van der Waals surface area contributed by atoms with Gasteiger partial charge in [-0.25, -0.2) is 0 Å². The van der Waals surface area contributed by atoms with Crippen LogP contribution in [-0.2, 0) is 11.3 Å². The van der Waals surface area contributed by atoms with E-state index in [9.17, 15) is 4.79 Å². The summed E-state index contributed by atoms with van der Waals surface area (Å²) in [5.41, 5.74) is 2.46. The Balaban J connectivity index is 1.21. The van der Waals surface area contributed by atoms with Gasteiger partial charge in [0.2, 0.25) is 5.91 Å². The molecule has 2 atom stereocenters. The van der Waals surface area contributed by atoms with Gasteiger partial charge in [0.15, 0.2) is 0 Å². The first-order chi connectivity index (χ1) is 18.2. The molecule has 5 rings (SSSR count). The molecule has 1 saturated carbocycles. The van der Waals surface area contributed by atoms with Gasteiger partial charge in [0, 0.05) is 70.2 Å². The Bertz CT molecular complexity index is 988. The van der Waals surface area contributed by atoms with Crippen molar-refractivity contribution in [2.45, 2.75) is 63.6 Å². The molecular weight excluding hydrogens is 462 g/mol. The SMILES string of the molecule is COc1ccccc1N1CCN([C@@H]2CCN(Cc3cccnc3)C[C@@H]2CCC(=O)NC2CCCC2)CC1. The lowest BCUT2D eigenvalue weighted by Gasteiger charge is -2.47. The molecule has 0 bridgehead atoms. The molecule has 1 N–H and O–H groups in total. The maximum atomic E-state index is 12.8. The topological polar surface area (TPSA) is 60.9 Å². The Kier molecular flexibility index (Phi) is 8.95. The summed E-state index contributed by atoms with van der Waals surface area (Å²) in [4.78, 5) is 24.8. The van der Waals surface area contributed by atoms with Crippen molar-refractivity contribution in [1.29, 1.82) is 0 Å². The Morgan fingerprint density at radius 1 is 1.03 bits per heavy atom. The molecule has 2 aromatic rings. The van der Waals surface area contributed by atoms with Crippen molar-refractivity contribution < 1.29 is 9.53 Å².